The van der Waals surface area contributed by atoms with Gasteiger partial charge < -0.3 is 9.30 Å². The topological polar surface area (TPSA) is 79.0 Å². The van der Waals surface area contributed by atoms with E-state index in [0.29, 0.717) is 40.3 Å². The van der Waals surface area contributed by atoms with Crippen LogP contribution in [0.3, 0.4) is 0 Å². The molecule has 0 aliphatic heterocycles. The van der Waals surface area contributed by atoms with E-state index in [1.54, 1.807) is 29.0 Å². The molecule has 0 fully saturated rings. The van der Waals surface area contributed by atoms with Crippen molar-refractivity contribution in [1.82, 2.24) is 19.1 Å². The van der Waals surface area contributed by atoms with Crippen molar-refractivity contribution in [3.63, 3.8) is 0 Å². The predicted molar refractivity (Wildman–Crippen MR) is 120 cm³/mol. The first-order valence-corrected chi connectivity index (χ1v) is 10.8. The van der Waals surface area contributed by atoms with Gasteiger partial charge >= 0.3 is 5.97 Å². The van der Waals surface area contributed by atoms with E-state index >= 15 is 0 Å². The highest BCUT2D eigenvalue weighted by Crippen LogP contribution is 2.22. The van der Waals surface area contributed by atoms with Crippen molar-refractivity contribution in [1.29, 1.82) is 0 Å². The van der Waals surface area contributed by atoms with Gasteiger partial charge in [0.15, 0.2) is 5.16 Å². The van der Waals surface area contributed by atoms with Crippen LogP contribution in [0.4, 0.5) is 0 Å². The fourth-order valence-corrected chi connectivity index (χ4v) is 4.33. The molecule has 0 unspecified atom stereocenters. The third-order valence-corrected chi connectivity index (χ3v) is 6.03. The first kappa shape index (κ1) is 20.9. The van der Waals surface area contributed by atoms with Crippen LogP contribution in [-0.2, 0) is 30.5 Å². The number of carbonyl (C=O) groups is 1. The Balaban J connectivity index is 1.74. The van der Waals surface area contributed by atoms with E-state index < -0.39 is 5.97 Å². The largest absolute Gasteiger partial charge is 0.465 e. The van der Waals surface area contributed by atoms with Crippen molar-refractivity contribution < 1.29 is 9.53 Å². The molecule has 31 heavy (non-hydrogen) atoms. The molecule has 0 bridgehead atoms. The Bertz CT molecular complexity index is 1280. The van der Waals surface area contributed by atoms with Gasteiger partial charge in [-0.1, -0.05) is 42.1 Å². The molecule has 0 aliphatic carbocycles. The third kappa shape index (κ3) is 4.54. The van der Waals surface area contributed by atoms with Crippen LogP contribution in [0, 0.1) is 0 Å². The van der Waals surface area contributed by atoms with Crippen molar-refractivity contribution in [3.05, 3.63) is 88.2 Å². The minimum absolute atomic E-state index is 0.125. The van der Waals surface area contributed by atoms with Crippen LogP contribution < -0.4 is 5.56 Å². The first-order chi connectivity index (χ1) is 15.1. The maximum absolute atomic E-state index is 13.3. The number of esters is 1. The molecule has 0 spiro atoms. The maximum atomic E-state index is 13.3. The summed E-state index contributed by atoms with van der Waals surface area (Å²) < 4.78 is 8.45. The fourth-order valence-electron chi connectivity index (χ4n) is 3.30. The van der Waals surface area contributed by atoms with Crippen LogP contribution >= 0.6 is 11.8 Å². The van der Waals surface area contributed by atoms with E-state index in [9.17, 15) is 9.59 Å². The van der Waals surface area contributed by atoms with Crippen LogP contribution in [0.1, 0.15) is 21.7 Å². The third-order valence-electron chi connectivity index (χ3n) is 5.06. The van der Waals surface area contributed by atoms with E-state index in [2.05, 4.69) is 4.98 Å². The van der Waals surface area contributed by atoms with E-state index in [0.717, 1.165) is 11.4 Å². The van der Waals surface area contributed by atoms with Crippen molar-refractivity contribution in [2.24, 2.45) is 7.05 Å². The Morgan fingerprint density at radius 2 is 1.97 bits per heavy atom. The monoisotopic (exact) mass is 434 g/mol. The molecule has 4 aromatic rings. The normalized spacial score (nSPS) is 11.0. The molecule has 8 heteroatoms. The minimum Gasteiger partial charge on any atom is -0.465 e. The van der Waals surface area contributed by atoms with E-state index in [1.807, 2.05) is 48.1 Å². The molecular formula is C23H22N4O3S. The Labute approximate surface area is 183 Å². The molecular weight excluding hydrogens is 412 g/mol. The molecule has 0 aliphatic rings. The Kier molecular flexibility index (Phi) is 6.18. The number of fused-ring (bicyclic) bond motifs is 1. The summed E-state index contributed by atoms with van der Waals surface area (Å²) in [4.78, 5) is 34.3. The number of hydrogen-bond donors (Lipinski definition) is 0. The molecule has 0 radical (unpaired) electrons. The average molecular weight is 435 g/mol. The summed E-state index contributed by atoms with van der Waals surface area (Å²) in [6, 6.07) is 14.9. The second kappa shape index (κ2) is 9.18. The zero-order chi connectivity index (χ0) is 21.8. The number of methoxy groups -OCH3 is 1. The Hall–Kier alpha value is -3.39. The van der Waals surface area contributed by atoms with Crippen molar-refractivity contribution in [3.8, 4) is 0 Å². The highest BCUT2D eigenvalue weighted by molar-refractivity contribution is 7.98. The molecule has 7 nitrogen and oxygen atoms in total. The van der Waals surface area contributed by atoms with Gasteiger partial charge in [0.25, 0.3) is 5.56 Å². The lowest BCUT2D eigenvalue weighted by atomic mass is 10.1. The van der Waals surface area contributed by atoms with Gasteiger partial charge in [-0.05, 0) is 30.2 Å². The SMILES string of the molecule is COC(=O)c1ccc2c(=O)n(CCc3ccccc3)c(SCc3nccn3C)nc2c1. The zero-order valence-corrected chi connectivity index (χ0v) is 18.1. The first-order valence-electron chi connectivity index (χ1n) is 9.82. The molecule has 2 aromatic heterocycles. The molecule has 2 aromatic carbocycles. The Morgan fingerprint density at radius 1 is 1.16 bits per heavy atom. The summed E-state index contributed by atoms with van der Waals surface area (Å²) in [5.41, 5.74) is 1.87. The van der Waals surface area contributed by atoms with Crippen molar-refractivity contribution in [2.75, 3.05) is 7.11 Å². The van der Waals surface area contributed by atoms with Gasteiger partial charge in [-0.2, -0.15) is 0 Å². The zero-order valence-electron chi connectivity index (χ0n) is 17.3. The number of thioether (sulfide) groups is 1. The fraction of sp³-hybridized carbons (Fsp3) is 0.217. The summed E-state index contributed by atoms with van der Waals surface area (Å²) in [5, 5.41) is 1.07. The summed E-state index contributed by atoms with van der Waals surface area (Å²) in [6.07, 6.45) is 4.34. The van der Waals surface area contributed by atoms with Gasteiger partial charge in [-0.25, -0.2) is 14.8 Å². The maximum Gasteiger partial charge on any atom is 0.337 e. The molecule has 0 amide bonds. The summed E-state index contributed by atoms with van der Waals surface area (Å²) >= 11 is 1.46. The number of carbonyl (C=O) groups excluding carboxylic acids is 1. The van der Waals surface area contributed by atoms with Crippen LogP contribution in [0.25, 0.3) is 10.9 Å². The predicted octanol–water partition coefficient (Wildman–Crippen LogP) is 3.45. The van der Waals surface area contributed by atoms with Gasteiger partial charge in [0.05, 0.1) is 29.3 Å². The van der Waals surface area contributed by atoms with Crippen LogP contribution in [0.2, 0.25) is 0 Å². The second-order valence-corrected chi connectivity index (χ2v) is 8.00. The quantitative estimate of drug-likeness (QED) is 0.252. The van der Waals surface area contributed by atoms with Gasteiger partial charge in [0.2, 0.25) is 0 Å². The molecule has 0 saturated carbocycles. The molecule has 4 rings (SSSR count). The summed E-state index contributed by atoms with van der Waals surface area (Å²) in [5.74, 6) is 1.00. The van der Waals surface area contributed by atoms with Crippen LogP contribution in [0.5, 0.6) is 0 Å². The molecule has 0 saturated heterocycles. The van der Waals surface area contributed by atoms with E-state index in [1.165, 1.54) is 18.9 Å². The van der Waals surface area contributed by atoms with Gasteiger partial charge in [0, 0.05) is 26.0 Å². The van der Waals surface area contributed by atoms with Crippen molar-refractivity contribution >= 4 is 28.6 Å². The number of ether oxygens (including phenoxy) is 1. The lowest BCUT2D eigenvalue weighted by molar-refractivity contribution is 0.0601. The summed E-state index contributed by atoms with van der Waals surface area (Å²) in [6.45, 7) is 0.507. The molecule has 158 valence electrons. The number of imidazole rings is 1. The van der Waals surface area contributed by atoms with Gasteiger partial charge in [-0.3, -0.25) is 9.36 Å². The van der Waals surface area contributed by atoms with Crippen molar-refractivity contribution in [2.45, 2.75) is 23.9 Å². The number of benzene rings is 2. The molecule has 0 atom stereocenters. The number of hydrogen-bond acceptors (Lipinski definition) is 6. The lowest BCUT2D eigenvalue weighted by Gasteiger charge is -2.14. The molecule has 0 N–H and O–H groups in total. The minimum atomic E-state index is -0.459. The van der Waals surface area contributed by atoms with Gasteiger partial charge in [-0.15, -0.1) is 0 Å². The number of rotatable bonds is 7. The van der Waals surface area contributed by atoms with E-state index in [4.69, 9.17) is 9.72 Å². The molecule has 2 heterocycles. The van der Waals surface area contributed by atoms with Crippen LogP contribution in [-0.4, -0.2) is 32.2 Å². The number of nitrogens with zero attached hydrogens (tertiary/aromatic N) is 4. The lowest BCUT2D eigenvalue weighted by Crippen LogP contribution is -2.24. The van der Waals surface area contributed by atoms with Crippen LogP contribution in [0.15, 0.2) is 70.9 Å². The highest BCUT2D eigenvalue weighted by Gasteiger charge is 2.15. The summed E-state index contributed by atoms with van der Waals surface area (Å²) in [7, 11) is 3.26. The average Bonchev–Trinajstić information content (AvgIpc) is 3.21. The van der Waals surface area contributed by atoms with E-state index in [-0.39, 0.29) is 5.56 Å². The number of aromatic nitrogens is 4. The second-order valence-electron chi connectivity index (χ2n) is 7.05. The number of aryl methyl sites for hydroxylation is 2. The Morgan fingerprint density at radius 3 is 2.68 bits per heavy atom. The smallest absolute Gasteiger partial charge is 0.337 e. The highest BCUT2D eigenvalue weighted by atomic mass is 32.2. The van der Waals surface area contributed by atoms with Gasteiger partial charge in [0.1, 0.15) is 5.82 Å². The standard InChI is InChI=1S/C23H22N4O3S/c1-26-13-11-24-20(26)15-31-23-25-19-14-17(22(29)30-2)8-9-18(19)21(28)27(23)12-10-16-6-4-3-5-7-16/h3-9,11,13-14H,10,12,15H2,1-2H3.